The third-order valence-corrected chi connectivity index (χ3v) is 7.75. The van der Waals surface area contributed by atoms with Crippen molar-refractivity contribution in [2.75, 3.05) is 13.2 Å². The van der Waals surface area contributed by atoms with Crippen molar-refractivity contribution in [3.8, 4) is 28.3 Å². The zero-order valence-electron chi connectivity index (χ0n) is 22.8. The molecule has 6 rings (SSSR count). The van der Waals surface area contributed by atoms with E-state index in [-0.39, 0.29) is 35.8 Å². The number of halogens is 2. The fourth-order valence-electron chi connectivity index (χ4n) is 5.44. The smallest absolute Gasteiger partial charge is 0.295 e. The van der Waals surface area contributed by atoms with Crippen LogP contribution in [0.2, 0.25) is 0 Å². The summed E-state index contributed by atoms with van der Waals surface area (Å²) >= 11 is 0. The highest BCUT2D eigenvalue weighted by molar-refractivity contribution is 6.09. The lowest BCUT2D eigenvalue weighted by Gasteiger charge is -2.18. The van der Waals surface area contributed by atoms with Gasteiger partial charge in [-0.25, -0.2) is 8.78 Å². The summed E-state index contributed by atoms with van der Waals surface area (Å²) in [5, 5.41) is 19.4. The summed E-state index contributed by atoms with van der Waals surface area (Å²) in [5.74, 6) is -1.56. The number of hydrogen-bond acceptors (Lipinski definition) is 6. The van der Waals surface area contributed by atoms with Gasteiger partial charge >= 0.3 is 0 Å². The molecule has 0 bridgehead atoms. The van der Waals surface area contributed by atoms with E-state index in [1.165, 1.54) is 11.6 Å². The Morgan fingerprint density at radius 1 is 1.02 bits per heavy atom. The van der Waals surface area contributed by atoms with Crippen molar-refractivity contribution < 1.29 is 28.5 Å². The lowest BCUT2D eigenvalue weighted by molar-refractivity contribution is -0.00390. The Morgan fingerprint density at radius 3 is 2.32 bits per heavy atom. The van der Waals surface area contributed by atoms with Crippen LogP contribution in [0.25, 0.3) is 33.3 Å². The molecule has 7 nitrogen and oxygen atoms in total. The maximum atomic E-state index is 15.6. The topological polar surface area (TPSA) is 100.0 Å². The molecule has 4 aromatic rings. The minimum atomic E-state index is -1.07. The van der Waals surface area contributed by atoms with E-state index in [9.17, 15) is 10.2 Å². The summed E-state index contributed by atoms with van der Waals surface area (Å²) in [6.07, 6.45) is 1.51. The highest BCUT2D eigenvalue weighted by atomic mass is 19.1. The summed E-state index contributed by atoms with van der Waals surface area (Å²) in [6, 6.07) is 16.6. The number of rotatable bonds is 7. The second-order valence-electron chi connectivity index (χ2n) is 10.6. The number of dihydropyridines is 1. The number of aromatic amines is 1. The number of aliphatic hydroxyl groups is 2. The monoisotopic (exact) mass is 559 g/mol. The molecule has 0 spiro atoms. The van der Waals surface area contributed by atoms with E-state index < -0.39 is 29.9 Å². The van der Waals surface area contributed by atoms with Crippen LogP contribution < -0.4 is 4.74 Å². The maximum Gasteiger partial charge on any atom is 0.295 e. The molecule has 2 aliphatic heterocycles. The summed E-state index contributed by atoms with van der Waals surface area (Å²) in [6.45, 7) is 3.97. The number of nitrogens with zero attached hydrogens (tertiary/aromatic N) is 2. The average Bonchev–Trinajstić information content (AvgIpc) is 3.55. The number of fused-ring (bicyclic) bond motifs is 1. The summed E-state index contributed by atoms with van der Waals surface area (Å²) in [5.41, 5.74) is 5.52. The van der Waals surface area contributed by atoms with Crippen LogP contribution in [0, 0.1) is 11.6 Å². The van der Waals surface area contributed by atoms with Crippen molar-refractivity contribution in [2.24, 2.45) is 4.99 Å². The second kappa shape index (κ2) is 11.2. The van der Waals surface area contributed by atoms with Gasteiger partial charge in [-0.15, -0.1) is 0 Å². The first-order valence-electron chi connectivity index (χ1n) is 13.8. The number of benzene rings is 3. The van der Waals surface area contributed by atoms with E-state index in [2.05, 4.69) is 42.0 Å². The number of allylic oxidation sites excluding steroid dienone is 1. The van der Waals surface area contributed by atoms with Crippen LogP contribution >= 0.6 is 0 Å². The van der Waals surface area contributed by atoms with Gasteiger partial charge < -0.3 is 24.7 Å². The molecule has 4 unspecified atom stereocenters. The zero-order valence-corrected chi connectivity index (χ0v) is 22.8. The van der Waals surface area contributed by atoms with Crippen LogP contribution in [0.4, 0.5) is 8.78 Å². The molecule has 3 heterocycles. The van der Waals surface area contributed by atoms with E-state index in [1.807, 2.05) is 24.3 Å². The molecule has 0 aliphatic carbocycles. The minimum Gasteiger partial charge on any atom is -0.456 e. The van der Waals surface area contributed by atoms with Gasteiger partial charge in [-0.2, -0.15) is 4.98 Å². The van der Waals surface area contributed by atoms with Crippen molar-refractivity contribution in [3.63, 3.8) is 0 Å². The molecular weight excluding hydrogens is 528 g/mol. The van der Waals surface area contributed by atoms with Crippen LogP contribution in [0.5, 0.6) is 6.01 Å². The highest BCUT2D eigenvalue weighted by Gasteiger charge is 2.37. The minimum absolute atomic E-state index is 0.0331. The Kier molecular flexibility index (Phi) is 7.42. The molecule has 1 saturated heterocycles. The van der Waals surface area contributed by atoms with E-state index in [4.69, 9.17) is 14.5 Å². The number of imidazole rings is 1. The molecule has 41 heavy (non-hydrogen) atoms. The number of nitrogens with one attached hydrogen (secondary N) is 1. The predicted octanol–water partition coefficient (Wildman–Crippen LogP) is 5.59. The van der Waals surface area contributed by atoms with E-state index in [0.29, 0.717) is 11.6 Å². The molecule has 3 N–H and O–H groups in total. The molecule has 4 atom stereocenters. The number of aliphatic imine (C=N–C) groups is 1. The fraction of sp³-hybridized carbons (Fsp3) is 0.312. The highest BCUT2D eigenvalue weighted by Crippen LogP contribution is 2.34. The van der Waals surface area contributed by atoms with Gasteiger partial charge in [-0.1, -0.05) is 61.0 Å². The van der Waals surface area contributed by atoms with Crippen molar-refractivity contribution in [1.82, 2.24) is 9.97 Å². The van der Waals surface area contributed by atoms with Gasteiger partial charge in [0, 0.05) is 6.07 Å². The molecule has 1 aromatic heterocycles. The van der Waals surface area contributed by atoms with Crippen LogP contribution in [0.3, 0.4) is 0 Å². The number of aromatic nitrogens is 2. The molecule has 1 fully saturated rings. The first kappa shape index (κ1) is 27.3. The van der Waals surface area contributed by atoms with Crippen molar-refractivity contribution >= 4 is 16.7 Å². The van der Waals surface area contributed by atoms with Crippen LogP contribution in [0.1, 0.15) is 32.3 Å². The lowest BCUT2D eigenvalue weighted by atomic mass is 9.95. The molecule has 3 aromatic carbocycles. The first-order chi connectivity index (χ1) is 19.8. The average molecular weight is 560 g/mol. The fourth-order valence-corrected chi connectivity index (χ4v) is 5.44. The quantitative estimate of drug-likeness (QED) is 0.274. The second-order valence-corrected chi connectivity index (χ2v) is 10.6. The van der Waals surface area contributed by atoms with Gasteiger partial charge in [0.1, 0.15) is 23.5 Å². The van der Waals surface area contributed by atoms with Crippen LogP contribution in [-0.4, -0.2) is 63.5 Å². The zero-order chi connectivity index (χ0) is 28.7. The summed E-state index contributed by atoms with van der Waals surface area (Å²) in [7, 11) is 0. The Morgan fingerprint density at radius 2 is 1.68 bits per heavy atom. The molecule has 9 heteroatoms. The van der Waals surface area contributed by atoms with Crippen molar-refractivity contribution in [3.05, 3.63) is 83.4 Å². The Labute approximate surface area is 236 Å². The number of H-pyrrole nitrogens is 1. The molecule has 0 amide bonds. The third kappa shape index (κ3) is 5.28. The van der Waals surface area contributed by atoms with Crippen LogP contribution in [-0.2, 0) is 4.74 Å². The van der Waals surface area contributed by atoms with Crippen molar-refractivity contribution in [2.45, 2.75) is 51.0 Å². The van der Waals surface area contributed by atoms with Gasteiger partial charge in [0.05, 0.1) is 36.0 Å². The molecule has 0 saturated carbocycles. The Bertz CT molecular complexity index is 1630. The van der Waals surface area contributed by atoms with Crippen molar-refractivity contribution in [1.29, 1.82) is 0 Å². The van der Waals surface area contributed by atoms with Gasteiger partial charge in [-0.3, -0.25) is 4.99 Å². The molecular formula is C32H31F2N3O4. The molecule has 2 aliphatic rings. The molecule has 212 valence electrons. The number of ether oxygens (including phenoxy) is 2. The maximum absolute atomic E-state index is 15.6. The summed E-state index contributed by atoms with van der Waals surface area (Å²) < 4.78 is 41.6. The van der Waals surface area contributed by atoms with Gasteiger partial charge in [0.15, 0.2) is 11.9 Å². The Hall–Kier alpha value is -3.92. The van der Waals surface area contributed by atoms with E-state index >= 15 is 8.78 Å². The van der Waals surface area contributed by atoms with E-state index in [1.54, 1.807) is 12.1 Å². The predicted molar refractivity (Wildman–Crippen MR) is 153 cm³/mol. The number of hydrogen-bond donors (Lipinski definition) is 3. The van der Waals surface area contributed by atoms with Gasteiger partial charge in [0.2, 0.25) is 0 Å². The Balaban J connectivity index is 1.23. The SMILES string of the molecule is CCC1CC(C)=CC(c2ccc(-c3ccc(-c4c(F)cc5[nH]c(OC6COC(CO)C6O)nc5c4F)cc3)cc2)=N1. The molecule has 0 radical (unpaired) electrons. The third-order valence-electron chi connectivity index (χ3n) is 7.75. The van der Waals surface area contributed by atoms with Crippen LogP contribution in [0.15, 0.2) is 71.2 Å². The summed E-state index contributed by atoms with van der Waals surface area (Å²) in [4.78, 5) is 11.8. The normalized spacial score (nSPS) is 22.6. The van der Waals surface area contributed by atoms with Gasteiger partial charge in [-0.05, 0) is 48.1 Å². The first-order valence-corrected chi connectivity index (χ1v) is 13.8. The van der Waals surface area contributed by atoms with Gasteiger partial charge in [0.25, 0.3) is 6.01 Å². The number of aliphatic hydroxyl groups excluding tert-OH is 2. The standard InChI is InChI=1S/C32H31F2N3O4/c1-3-22-12-17(2)13-24(35-22)20-8-4-18(5-9-20)19-6-10-21(11-7-19)28-23(33)14-25-30(29(28)34)37-32(36-25)41-27-16-40-26(15-38)31(27)39/h4-11,13-14,22,26-27,31,38-39H,3,12,15-16H2,1-2H3,(H,36,37). The van der Waals surface area contributed by atoms with E-state index in [0.717, 1.165) is 35.2 Å². The lowest BCUT2D eigenvalue weighted by Crippen LogP contribution is -2.36. The largest absolute Gasteiger partial charge is 0.456 e.